The van der Waals surface area contributed by atoms with Crippen LogP contribution < -0.4 is 10.1 Å². The highest BCUT2D eigenvalue weighted by molar-refractivity contribution is 5.31. The van der Waals surface area contributed by atoms with Gasteiger partial charge in [0.25, 0.3) is 0 Å². The van der Waals surface area contributed by atoms with Gasteiger partial charge in [-0.05, 0) is 62.3 Å². The van der Waals surface area contributed by atoms with E-state index in [1.54, 1.807) is 0 Å². The van der Waals surface area contributed by atoms with Crippen LogP contribution in [0.5, 0.6) is 5.75 Å². The van der Waals surface area contributed by atoms with E-state index in [0.717, 1.165) is 30.7 Å². The van der Waals surface area contributed by atoms with Crippen LogP contribution in [0.15, 0.2) is 24.3 Å². The normalized spacial score (nSPS) is 23.8. The molecule has 0 bridgehead atoms. The van der Waals surface area contributed by atoms with Crippen LogP contribution in [0.4, 0.5) is 0 Å². The molecule has 0 aromatic heterocycles. The number of nitrogens with one attached hydrogen (secondary N) is 1. The Morgan fingerprint density at radius 2 is 2.14 bits per heavy atom. The number of rotatable bonds is 7. The second kappa shape index (κ2) is 8.43. The van der Waals surface area contributed by atoms with E-state index in [2.05, 4.69) is 43.4 Å². The van der Waals surface area contributed by atoms with Gasteiger partial charge in [-0.3, -0.25) is 0 Å². The lowest BCUT2D eigenvalue weighted by Gasteiger charge is -2.34. The first kappa shape index (κ1) is 16.4. The van der Waals surface area contributed by atoms with Crippen LogP contribution in [0.3, 0.4) is 0 Å². The minimum Gasteiger partial charge on any atom is -0.494 e. The van der Waals surface area contributed by atoms with Crippen molar-refractivity contribution >= 4 is 0 Å². The molecule has 1 fully saturated rings. The fourth-order valence-electron chi connectivity index (χ4n) is 3.60. The lowest BCUT2D eigenvalue weighted by Crippen LogP contribution is -2.31. The lowest BCUT2D eigenvalue weighted by molar-refractivity contribution is 0.223. The number of hydrogen-bond acceptors (Lipinski definition) is 2. The molecule has 2 heteroatoms. The first-order chi connectivity index (χ1) is 10.2. The number of ether oxygens (including phenoxy) is 1. The van der Waals surface area contributed by atoms with Gasteiger partial charge in [-0.2, -0.15) is 0 Å². The highest BCUT2D eigenvalue weighted by atomic mass is 16.5. The lowest BCUT2D eigenvalue weighted by atomic mass is 9.76. The van der Waals surface area contributed by atoms with E-state index in [4.69, 9.17) is 4.74 Å². The average Bonchev–Trinajstić information content (AvgIpc) is 2.49. The zero-order valence-electron chi connectivity index (χ0n) is 13.9. The summed E-state index contributed by atoms with van der Waals surface area (Å²) in [5, 5.41) is 3.79. The Hall–Kier alpha value is -1.02. The molecule has 0 amide bonds. The zero-order chi connectivity index (χ0) is 15.1. The molecule has 2 rings (SSSR count). The Kier molecular flexibility index (Phi) is 6.56. The van der Waals surface area contributed by atoms with Crippen molar-refractivity contribution in [3.05, 3.63) is 29.8 Å². The molecule has 2 nitrogen and oxygen atoms in total. The largest absolute Gasteiger partial charge is 0.494 e. The summed E-state index contributed by atoms with van der Waals surface area (Å²) in [6.45, 7) is 8.51. The fraction of sp³-hybridized carbons (Fsp3) is 0.684. The number of benzene rings is 1. The standard InChI is InChI=1S/C19H31NO/c1-4-12-20-19(16-9-6-8-15(3)13-16)17-10-7-11-18(14-17)21-5-2/h7,10-11,14-16,19-20H,4-6,8-9,12-13H2,1-3H3. The molecule has 1 aliphatic carbocycles. The molecular formula is C19H31NO. The number of hydrogen-bond donors (Lipinski definition) is 1. The van der Waals surface area contributed by atoms with Crippen LogP contribution in [0.25, 0.3) is 0 Å². The maximum Gasteiger partial charge on any atom is 0.119 e. The summed E-state index contributed by atoms with van der Waals surface area (Å²) in [6.07, 6.45) is 6.66. The van der Waals surface area contributed by atoms with Gasteiger partial charge in [0, 0.05) is 6.04 Å². The van der Waals surface area contributed by atoms with Crippen molar-refractivity contribution < 1.29 is 4.74 Å². The predicted octanol–water partition coefficient (Wildman–Crippen LogP) is 4.95. The molecule has 0 heterocycles. The summed E-state index contributed by atoms with van der Waals surface area (Å²) < 4.78 is 5.68. The van der Waals surface area contributed by atoms with E-state index in [0.29, 0.717) is 6.04 Å². The predicted molar refractivity (Wildman–Crippen MR) is 89.8 cm³/mol. The minimum atomic E-state index is 0.480. The fourth-order valence-corrected chi connectivity index (χ4v) is 3.60. The smallest absolute Gasteiger partial charge is 0.119 e. The van der Waals surface area contributed by atoms with Crippen molar-refractivity contribution in [1.82, 2.24) is 5.32 Å². The van der Waals surface area contributed by atoms with Gasteiger partial charge in [0.2, 0.25) is 0 Å². The van der Waals surface area contributed by atoms with Gasteiger partial charge in [-0.15, -0.1) is 0 Å². The molecule has 1 saturated carbocycles. The van der Waals surface area contributed by atoms with Crippen LogP contribution in [-0.2, 0) is 0 Å². The van der Waals surface area contributed by atoms with Crippen molar-refractivity contribution in [2.75, 3.05) is 13.2 Å². The van der Waals surface area contributed by atoms with E-state index < -0.39 is 0 Å². The van der Waals surface area contributed by atoms with Crippen molar-refractivity contribution in [2.24, 2.45) is 11.8 Å². The zero-order valence-corrected chi connectivity index (χ0v) is 13.9. The first-order valence-electron chi connectivity index (χ1n) is 8.70. The monoisotopic (exact) mass is 289 g/mol. The summed E-state index contributed by atoms with van der Waals surface area (Å²) >= 11 is 0. The van der Waals surface area contributed by atoms with Gasteiger partial charge in [0.05, 0.1) is 6.61 Å². The summed E-state index contributed by atoms with van der Waals surface area (Å²) in [5.74, 6) is 2.63. The maximum atomic E-state index is 5.68. The second-order valence-electron chi connectivity index (χ2n) is 6.47. The van der Waals surface area contributed by atoms with Crippen molar-refractivity contribution in [2.45, 2.75) is 58.9 Å². The molecule has 0 spiro atoms. The van der Waals surface area contributed by atoms with Crippen molar-refractivity contribution in [1.29, 1.82) is 0 Å². The Balaban J connectivity index is 2.15. The molecule has 0 radical (unpaired) electrons. The van der Waals surface area contributed by atoms with E-state index in [1.807, 2.05) is 6.92 Å². The first-order valence-corrected chi connectivity index (χ1v) is 8.70. The highest BCUT2D eigenvalue weighted by Gasteiger charge is 2.27. The molecule has 3 atom stereocenters. The summed E-state index contributed by atoms with van der Waals surface area (Å²) in [5.41, 5.74) is 1.40. The van der Waals surface area contributed by atoms with Crippen molar-refractivity contribution in [3.63, 3.8) is 0 Å². The SMILES string of the molecule is CCCNC(c1cccc(OCC)c1)C1CCCC(C)C1. The molecular weight excluding hydrogens is 258 g/mol. The van der Waals surface area contributed by atoms with Crippen LogP contribution in [0.2, 0.25) is 0 Å². The molecule has 1 N–H and O–H groups in total. The van der Waals surface area contributed by atoms with Gasteiger partial charge in [-0.1, -0.05) is 38.8 Å². The van der Waals surface area contributed by atoms with Gasteiger partial charge >= 0.3 is 0 Å². The quantitative estimate of drug-likeness (QED) is 0.766. The minimum absolute atomic E-state index is 0.480. The molecule has 118 valence electrons. The Labute approximate surface area is 130 Å². The van der Waals surface area contributed by atoms with Crippen LogP contribution in [0, 0.1) is 11.8 Å². The van der Waals surface area contributed by atoms with Crippen LogP contribution in [0.1, 0.15) is 64.5 Å². The summed E-state index contributed by atoms with van der Waals surface area (Å²) in [7, 11) is 0. The summed E-state index contributed by atoms with van der Waals surface area (Å²) in [6, 6.07) is 9.17. The van der Waals surface area contributed by atoms with E-state index >= 15 is 0 Å². The topological polar surface area (TPSA) is 21.3 Å². The van der Waals surface area contributed by atoms with Gasteiger partial charge in [-0.25, -0.2) is 0 Å². The average molecular weight is 289 g/mol. The van der Waals surface area contributed by atoms with E-state index in [1.165, 1.54) is 37.7 Å². The molecule has 1 aromatic carbocycles. The maximum absolute atomic E-state index is 5.68. The van der Waals surface area contributed by atoms with Gasteiger partial charge < -0.3 is 10.1 Å². The molecule has 3 unspecified atom stereocenters. The second-order valence-corrected chi connectivity index (χ2v) is 6.47. The van der Waals surface area contributed by atoms with Gasteiger partial charge in [0.1, 0.15) is 5.75 Å². The molecule has 1 aliphatic rings. The Morgan fingerprint density at radius 1 is 1.29 bits per heavy atom. The molecule has 0 saturated heterocycles. The molecule has 1 aromatic rings. The Morgan fingerprint density at radius 3 is 2.86 bits per heavy atom. The summed E-state index contributed by atoms with van der Waals surface area (Å²) in [4.78, 5) is 0. The third-order valence-electron chi connectivity index (χ3n) is 4.59. The van der Waals surface area contributed by atoms with E-state index in [-0.39, 0.29) is 0 Å². The highest BCUT2D eigenvalue weighted by Crippen LogP contribution is 2.37. The Bertz CT molecular complexity index is 418. The van der Waals surface area contributed by atoms with Crippen LogP contribution in [-0.4, -0.2) is 13.2 Å². The van der Waals surface area contributed by atoms with Gasteiger partial charge in [0.15, 0.2) is 0 Å². The molecule has 0 aliphatic heterocycles. The third-order valence-corrected chi connectivity index (χ3v) is 4.59. The third kappa shape index (κ3) is 4.74. The van der Waals surface area contributed by atoms with Crippen LogP contribution >= 0.6 is 0 Å². The van der Waals surface area contributed by atoms with Crippen molar-refractivity contribution in [3.8, 4) is 5.75 Å². The van der Waals surface area contributed by atoms with E-state index in [9.17, 15) is 0 Å². The molecule has 21 heavy (non-hydrogen) atoms.